The van der Waals surface area contributed by atoms with Gasteiger partial charge in [0, 0.05) is 16.7 Å². The third kappa shape index (κ3) is 3.35. The molecule has 1 atom stereocenters. The van der Waals surface area contributed by atoms with Gasteiger partial charge in [-0.3, -0.25) is 0 Å². The first-order chi connectivity index (χ1) is 8.15. The van der Waals surface area contributed by atoms with E-state index in [1.807, 2.05) is 37.3 Å². The summed E-state index contributed by atoms with van der Waals surface area (Å²) in [5.74, 6) is 1.61. The molecule has 4 heteroatoms. The number of thioether (sulfide) groups is 1. The maximum atomic E-state index is 9.50. The molecule has 17 heavy (non-hydrogen) atoms. The smallest absolute Gasteiger partial charge is 0.133 e. The summed E-state index contributed by atoms with van der Waals surface area (Å²) in [6, 6.07) is 9.85. The minimum absolute atomic E-state index is 0.426. The molecule has 0 spiro atoms. The van der Waals surface area contributed by atoms with Crippen LogP contribution in [0.1, 0.15) is 30.0 Å². The Morgan fingerprint density at radius 3 is 2.88 bits per heavy atom. The van der Waals surface area contributed by atoms with Crippen molar-refractivity contribution in [3.8, 4) is 0 Å². The fourth-order valence-electron chi connectivity index (χ4n) is 1.51. The average Bonchev–Trinajstić information content (AvgIpc) is 2.73. The van der Waals surface area contributed by atoms with Gasteiger partial charge in [-0.1, -0.05) is 17.3 Å². The van der Waals surface area contributed by atoms with Gasteiger partial charge < -0.3 is 9.63 Å². The molecule has 0 saturated carbocycles. The first-order valence-electron chi connectivity index (χ1n) is 5.48. The third-order valence-electron chi connectivity index (χ3n) is 2.40. The molecule has 1 heterocycles. The Bertz CT molecular complexity index is 494. The second-order valence-corrected chi connectivity index (χ2v) is 5.01. The van der Waals surface area contributed by atoms with Crippen molar-refractivity contribution in [3.63, 3.8) is 0 Å². The van der Waals surface area contributed by atoms with Crippen molar-refractivity contribution in [1.29, 1.82) is 0 Å². The number of aliphatic hydroxyl groups is 1. The number of aliphatic hydroxyl groups excluding tert-OH is 1. The molecule has 0 bridgehead atoms. The highest BCUT2D eigenvalue weighted by Gasteiger charge is 2.04. The molecule has 0 saturated heterocycles. The third-order valence-corrected chi connectivity index (χ3v) is 3.43. The molecule has 1 aromatic heterocycles. The van der Waals surface area contributed by atoms with E-state index in [1.165, 1.54) is 0 Å². The second-order valence-electron chi connectivity index (χ2n) is 3.97. The summed E-state index contributed by atoms with van der Waals surface area (Å²) in [4.78, 5) is 1.13. The lowest BCUT2D eigenvalue weighted by Crippen LogP contribution is -1.90. The molecule has 2 rings (SSSR count). The number of rotatable bonds is 4. The molecule has 0 aliphatic heterocycles. The number of benzene rings is 1. The van der Waals surface area contributed by atoms with E-state index in [2.05, 4.69) is 5.16 Å². The highest BCUT2D eigenvalue weighted by molar-refractivity contribution is 7.98. The Hall–Kier alpha value is -1.26. The largest absolute Gasteiger partial charge is 0.389 e. The van der Waals surface area contributed by atoms with Crippen LogP contribution in [0.2, 0.25) is 0 Å². The van der Waals surface area contributed by atoms with E-state index >= 15 is 0 Å². The minimum Gasteiger partial charge on any atom is -0.389 e. The maximum Gasteiger partial charge on any atom is 0.133 e. The van der Waals surface area contributed by atoms with Crippen molar-refractivity contribution < 1.29 is 9.63 Å². The van der Waals surface area contributed by atoms with Crippen LogP contribution in [0, 0.1) is 6.92 Å². The number of aryl methyl sites for hydroxylation is 1. The number of nitrogens with zero attached hydrogens (tertiary/aromatic N) is 1. The van der Waals surface area contributed by atoms with E-state index in [0.717, 1.165) is 27.7 Å². The lowest BCUT2D eigenvalue weighted by molar-refractivity contribution is 0.199. The van der Waals surface area contributed by atoms with Crippen molar-refractivity contribution >= 4 is 11.8 Å². The molecule has 2 aromatic rings. The van der Waals surface area contributed by atoms with Crippen molar-refractivity contribution in [1.82, 2.24) is 5.16 Å². The van der Waals surface area contributed by atoms with Crippen molar-refractivity contribution in [2.45, 2.75) is 30.6 Å². The van der Waals surface area contributed by atoms with E-state index in [9.17, 15) is 5.11 Å². The van der Waals surface area contributed by atoms with Crippen LogP contribution in [-0.4, -0.2) is 10.3 Å². The summed E-state index contributed by atoms with van der Waals surface area (Å²) in [7, 11) is 0. The number of hydrogen-bond donors (Lipinski definition) is 1. The van der Waals surface area contributed by atoms with E-state index in [4.69, 9.17) is 4.52 Å². The predicted octanol–water partition coefficient (Wildman–Crippen LogP) is 3.33. The van der Waals surface area contributed by atoms with Crippen LogP contribution in [0.15, 0.2) is 39.8 Å². The van der Waals surface area contributed by atoms with E-state index in [1.54, 1.807) is 18.7 Å². The van der Waals surface area contributed by atoms with Crippen LogP contribution in [0.5, 0.6) is 0 Å². The summed E-state index contributed by atoms with van der Waals surface area (Å²) in [5.41, 5.74) is 1.88. The highest BCUT2D eigenvalue weighted by atomic mass is 32.2. The van der Waals surface area contributed by atoms with E-state index < -0.39 is 6.10 Å². The zero-order chi connectivity index (χ0) is 12.3. The summed E-state index contributed by atoms with van der Waals surface area (Å²) in [5, 5.41) is 13.4. The number of aromatic nitrogens is 1. The standard InChI is InChI=1S/C13H15NO2S/c1-9-6-12(14-16-9)8-17-13-5-3-4-11(7-13)10(2)15/h3-7,10,15H,8H2,1-2H3. The Labute approximate surface area is 105 Å². The molecule has 1 aromatic carbocycles. The molecule has 1 unspecified atom stereocenters. The van der Waals surface area contributed by atoms with Gasteiger partial charge in [0.25, 0.3) is 0 Å². The average molecular weight is 249 g/mol. The van der Waals surface area contributed by atoms with Crippen LogP contribution >= 0.6 is 11.8 Å². The monoisotopic (exact) mass is 249 g/mol. The van der Waals surface area contributed by atoms with Gasteiger partial charge in [0.15, 0.2) is 0 Å². The Balaban J connectivity index is 2.01. The summed E-state index contributed by atoms with van der Waals surface area (Å²) in [6.45, 7) is 3.65. The molecular formula is C13H15NO2S. The van der Waals surface area contributed by atoms with Gasteiger partial charge in [-0.25, -0.2) is 0 Å². The lowest BCUT2D eigenvalue weighted by atomic mass is 10.1. The van der Waals surface area contributed by atoms with Crippen molar-refractivity contribution in [2.24, 2.45) is 0 Å². The van der Waals surface area contributed by atoms with Gasteiger partial charge >= 0.3 is 0 Å². The highest BCUT2D eigenvalue weighted by Crippen LogP contribution is 2.25. The first-order valence-corrected chi connectivity index (χ1v) is 6.47. The molecule has 0 radical (unpaired) electrons. The quantitative estimate of drug-likeness (QED) is 0.844. The van der Waals surface area contributed by atoms with Crippen LogP contribution < -0.4 is 0 Å². The zero-order valence-corrected chi connectivity index (χ0v) is 10.7. The molecule has 1 N–H and O–H groups in total. The van der Waals surface area contributed by atoms with Crippen LogP contribution in [-0.2, 0) is 5.75 Å². The minimum atomic E-state index is -0.426. The Kier molecular flexibility index (Phi) is 3.86. The van der Waals surface area contributed by atoms with Gasteiger partial charge in [-0.15, -0.1) is 11.8 Å². The lowest BCUT2D eigenvalue weighted by Gasteiger charge is -2.06. The van der Waals surface area contributed by atoms with Gasteiger partial charge in [0.05, 0.1) is 11.8 Å². The van der Waals surface area contributed by atoms with Gasteiger partial charge in [-0.05, 0) is 31.5 Å². The molecule has 0 amide bonds. The Morgan fingerprint density at radius 1 is 1.41 bits per heavy atom. The van der Waals surface area contributed by atoms with Crippen LogP contribution in [0.3, 0.4) is 0 Å². The normalized spacial score (nSPS) is 12.6. The van der Waals surface area contributed by atoms with Gasteiger partial charge in [-0.2, -0.15) is 0 Å². The SMILES string of the molecule is Cc1cc(CSc2cccc(C(C)O)c2)no1. The summed E-state index contributed by atoms with van der Waals surface area (Å²) < 4.78 is 5.01. The zero-order valence-electron chi connectivity index (χ0n) is 9.88. The van der Waals surface area contributed by atoms with Gasteiger partial charge in [0.2, 0.25) is 0 Å². The molecule has 0 aliphatic rings. The molecule has 0 aliphatic carbocycles. The van der Waals surface area contributed by atoms with E-state index in [0.29, 0.717) is 0 Å². The molecular weight excluding hydrogens is 234 g/mol. The van der Waals surface area contributed by atoms with Crippen molar-refractivity contribution in [3.05, 3.63) is 47.3 Å². The van der Waals surface area contributed by atoms with E-state index in [-0.39, 0.29) is 0 Å². The summed E-state index contributed by atoms with van der Waals surface area (Å²) in [6.07, 6.45) is -0.426. The van der Waals surface area contributed by atoms with Crippen molar-refractivity contribution in [2.75, 3.05) is 0 Å². The predicted molar refractivity (Wildman–Crippen MR) is 67.9 cm³/mol. The molecule has 0 fully saturated rings. The fourth-order valence-corrected chi connectivity index (χ4v) is 2.35. The first kappa shape index (κ1) is 12.2. The topological polar surface area (TPSA) is 46.3 Å². The second kappa shape index (κ2) is 5.38. The Morgan fingerprint density at radius 2 is 2.24 bits per heavy atom. The van der Waals surface area contributed by atoms with Gasteiger partial charge in [0.1, 0.15) is 5.76 Å². The van der Waals surface area contributed by atoms with Crippen LogP contribution in [0.4, 0.5) is 0 Å². The maximum absolute atomic E-state index is 9.50. The fraction of sp³-hybridized carbons (Fsp3) is 0.308. The number of hydrogen-bond acceptors (Lipinski definition) is 4. The summed E-state index contributed by atoms with van der Waals surface area (Å²) >= 11 is 1.68. The molecule has 3 nitrogen and oxygen atoms in total. The molecule has 90 valence electrons. The van der Waals surface area contributed by atoms with Crippen LogP contribution in [0.25, 0.3) is 0 Å².